The summed E-state index contributed by atoms with van der Waals surface area (Å²) in [6.45, 7) is 0. The van der Waals surface area contributed by atoms with Crippen LogP contribution in [-0.4, -0.2) is 39.6 Å². The summed E-state index contributed by atoms with van der Waals surface area (Å²) in [4.78, 5) is 12.5. The second-order valence-corrected chi connectivity index (χ2v) is 8.53. The molecule has 0 spiro atoms. The molecule has 0 heterocycles. The van der Waals surface area contributed by atoms with Gasteiger partial charge in [0.25, 0.3) is 5.91 Å². The smallest absolute Gasteiger partial charge is 0.251 e. The minimum atomic E-state index is -3.71. The summed E-state index contributed by atoms with van der Waals surface area (Å²) in [6.07, 6.45) is 5.14. The molecule has 0 radical (unpaired) electrons. The fourth-order valence-electron chi connectivity index (χ4n) is 3.04. The number of nitrogens with one attached hydrogen (secondary N) is 2. The monoisotopic (exact) mass is 367 g/mol. The first kappa shape index (κ1) is 18.2. The molecule has 1 amide bonds. The molecule has 3 rings (SSSR count). The predicted molar refractivity (Wildman–Crippen MR) is 94.0 cm³/mol. The first-order valence-corrected chi connectivity index (χ1v) is 10.1. The molecule has 7 nitrogen and oxygen atoms in total. The van der Waals surface area contributed by atoms with Crippen molar-refractivity contribution in [3.8, 4) is 5.75 Å². The van der Waals surface area contributed by atoms with Crippen LogP contribution in [0.3, 0.4) is 0 Å². The van der Waals surface area contributed by atoms with Gasteiger partial charge >= 0.3 is 0 Å². The molecule has 0 aromatic heterocycles. The Morgan fingerprint density at radius 2 is 1.76 bits per heavy atom. The number of hydrogen-bond donors (Lipinski definition) is 3. The van der Waals surface area contributed by atoms with Crippen molar-refractivity contribution in [2.24, 2.45) is 5.73 Å². The van der Waals surface area contributed by atoms with Crippen LogP contribution in [0, 0.1) is 0 Å². The lowest BCUT2D eigenvalue weighted by Crippen LogP contribution is -2.40. The van der Waals surface area contributed by atoms with Crippen molar-refractivity contribution >= 4 is 15.9 Å². The van der Waals surface area contributed by atoms with Crippen molar-refractivity contribution in [2.45, 2.75) is 61.5 Å². The van der Waals surface area contributed by atoms with E-state index < -0.39 is 10.0 Å². The summed E-state index contributed by atoms with van der Waals surface area (Å²) in [5.41, 5.74) is 6.19. The Balaban J connectivity index is 1.77. The molecule has 2 fully saturated rings. The van der Waals surface area contributed by atoms with Crippen LogP contribution in [0.25, 0.3) is 0 Å². The minimum Gasteiger partial charge on any atom is -0.495 e. The lowest BCUT2D eigenvalue weighted by Gasteiger charge is -2.26. The highest BCUT2D eigenvalue weighted by molar-refractivity contribution is 7.89. The summed E-state index contributed by atoms with van der Waals surface area (Å²) in [5.74, 6) is -0.0423. The van der Waals surface area contributed by atoms with Gasteiger partial charge in [0.15, 0.2) is 0 Å². The molecular formula is C17H25N3O4S. The van der Waals surface area contributed by atoms with Gasteiger partial charge < -0.3 is 15.8 Å². The summed E-state index contributed by atoms with van der Waals surface area (Å²) >= 11 is 0. The van der Waals surface area contributed by atoms with Crippen LogP contribution in [0.4, 0.5) is 0 Å². The molecule has 2 aliphatic rings. The molecule has 4 N–H and O–H groups in total. The normalized spacial score (nSPS) is 23.9. The zero-order valence-corrected chi connectivity index (χ0v) is 15.1. The van der Waals surface area contributed by atoms with E-state index in [9.17, 15) is 13.2 Å². The molecule has 0 saturated heterocycles. The SMILES string of the molecule is COc1ccc(C(=O)NC2CCC(N)CC2)cc1S(=O)(=O)NC1CC1. The van der Waals surface area contributed by atoms with Crippen LogP contribution in [0.1, 0.15) is 48.9 Å². The molecule has 8 heteroatoms. The van der Waals surface area contributed by atoms with E-state index >= 15 is 0 Å². The summed E-state index contributed by atoms with van der Waals surface area (Å²) in [7, 11) is -2.29. The predicted octanol–water partition coefficient (Wildman–Crippen LogP) is 1.14. The summed E-state index contributed by atoms with van der Waals surface area (Å²) in [6, 6.07) is 4.76. The molecule has 138 valence electrons. The maximum absolute atomic E-state index is 12.5. The van der Waals surface area contributed by atoms with Gasteiger partial charge in [-0.15, -0.1) is 0 Å². The molecule has 1 aromatic rings. The van der Waals surface area contributed by atoms with Gasteiger partial charge in [-0.1, -0.05) is 0 Å². The number of nitrogens with two attached hydrogens (primary N) is 1. The highest BCUT2D eigenvalue weighted by atomic mass is 32.2. The van der Waals surface area contributed by atoms with E-state index in [1.165, 1.54) is 19.2 Å². The van der Waals surface area contributed by atoms with Gasteiger partial charge in [-0.2, -0.15) is 0 Å². The van der Waals surface area contributed by atoms with E-state index in [1.807, 2.05) is 0 Å². The van der Waals surface area contributed by atoms with E-state index in [-0.39, 0.29) is 34.7 Å². The van der Waals surface area contributed by atoms with E-state index in [2.05, 4.69) is 10.0 Å². The fraction of sp³-hybridized carbons (Fsp3) is 0.588. The standard InChI is InChI=1S/C17H25N3O4S/c1-24-15-9-2-11(10-16(15)25(22,23)20-14-7-8-14)17(21)19-13-5-3-12(18)4-6-13/h2,9-10,12-14,20H,3-8,18H2,1H3,(H,19,21). The van der Waals surface area contributed by atoms with Gasteiger partial charge in [-0.25, -0.2) is 13.1 Å². The van der Waals surface area contributed by atoms with E-state index in [0.29, 0.717) is 5.56 Å². The van der Waals surface area contributed by atoms with Crippen LogP contribution in [0.15, 0.2) is 23.1 Å². The van der Waals surface area contributed by atoms with Gasteiger partial charge in [-0.3, -0.25) is 4.79 Å². The van der Waals surface area contributed by atoms with Crippen molar-refractivity contribution in [1.82, 2.24) is 10.0 Å². The fourth-order valence-corrected chi connectivity index (χ4v) is 4.54. The number of amides is 1. The van der Waals surface area contributed by atoms with Gasteiger partial charge in [0.1, 0.15) is 10.6 Å². The third-order valence-electron chi connectivity index (χ3n) is 4.72. The van der Waals surface area contributed by atoms with Gasteiger partial charge in [0, 0.05) is 23.7 Å². The molecule has 0 atom stereocenters. The molecular weight excluding hydrogens is 342 g/mol. The number of hydrogen-bond acceptors (Lipinski definition) is 5. The maximum atomic E-state index is 12.5. The van der Waals surface area contributed by atoms with Crippen molar-refractivity contribution in [3.63, 3.8) is 0 Å². The highest BCUT2D eigenvalue weighted by Gasteiger charge is 2.30. The highest BCUT2D eigenvalue weighted by Crippen LogP contribution is 2.28. The Hall–Kier alpha value is -1.64. The lowest BCUT2D eigenvalue weighted by molar-refractivity contribution is 0.0925. The lowest BCUT2D eigenvalue weighted by atomic mass is 9.91. The van der Waals surface area contributed by atoms with Crippen molar-refractivity contribution < 1.29 is 17.9 Å². The molecule has 0 aliphatic heterocycles. The Labute approximate surface area is 148 Å². The number of sulfonamides is 1. The number of methoxy groups -OCH3 is 1. The van der Waals surface area contributed by atoms with E-state index in [0.717, 1.165) is 38.5 Å². The maximum Gasteiger partial charge on any atom is 0.251 e. The third kappa shape index (κ3) is 4.50. The Morgan fingerprint density at radius 1 is 1.12 bits per heavy atom. The Kier molecular flexibility index (Phi) is 5.31. The second kappa shape index (κ2) is 7.31. The van der Waals surface area contributed by atoms with Gasteiger partial charge in [0.2, 0.25) is 10.0 Å². The molecule has 0 unspecified atom stereocenters. The Bertz CT molecular complexity index is 738. The first-order chi connectivity index (χ1) is 11.9. The van der Waals surface area contributed by atoms with Gasteiger partial charge in [0.05, 0.1) is 7.11 Å². The van der Waals surface area contributed by atoms with Gasteiger partial charge in [-0.05, 0) is 56.7 Å². The zero-order valence-electron chi connectivity index (χ0n) is 14.3. The van der Waals surface area contributed by atoms with E-state index in [1.54, 1.807) is 6.07 Å². The summed E-state index contributed by atoms with van der Waals surface area (Å²) in [5, 5.41) is 2.97. The number of carbonyl (C=O) groups excluding carboxylic acids is 1. The number of ether oxygens (including phenoxy) is 1. The topological polar surface area (TPSA) is 111 Å². The third-order valence-corrected chi connectivity index (χ3v) is 6.26. The van der Waals surface area contributed by atoms with Crippen LogP contribution >= 0.6 is 0 Å². The van der Waals surface area contributed by atoms with Crippen molar-refractivity contribution in [1.29, 1.82) is 0 Å². The second-order valence-electron chi connectivity index (χ2n) is 6.85. The van der Waals surface area contributed by atoms with E-state index in [4.69, 9.17) is 10.5 Å². The minimum absolute atomic E-state index is 0.000200. The van der Waals surface area contributed by atoms with Crippen LogP contribution in [0.2, 0.25) is 0 Å². The Morgan fingerprint density at radius 3 is 2.36 bits per heavy atom. The number of benzene rings is 1. The van der Waals surface area contributed by atoms with Crippen molar-refractivity contribution in [3.05, 3.63) is 23.8 Å². The van der Waals surface area contributed by atoms with Crippen molar-refractivity contribution in [2.75, 3.05) is 7.11 Å². The molecule has 25 heavy (non-hydrogen) atoms. The largest absolute Gasteiger partial charge is 0.495 e. The molecule has 2 aliphatic carbocycles. The number of rotatable bonds is 6. The van der Waals surface area contributed by atoms with Crippen LogP contribution < -0.4 is 20.5 Å². The molecule has 1 aromatic carbocycles. The molecule has 0 bridgehead atoms. The van der Waals surface area contributed by atoms with Crippen LogP contribution in [-0.2, 0) is 10.0 Å². The zero-order chi connectivity index (χ0) is 18.0. The average Bonchev–Trinajstić information content (AvgIpc) is 3.39. The number of carbonyl (C=O) groups is 1. The van der Waals surface area contributed by atoms with Crippen LogP contribution in [0.5, 0.6) is 5.75 Å². The first-order valence-electron chi connectivity index (χ1n) is 8.66. The average molecular weight is 367 g/mol. The quantitative estimate of drug-likeness (QED) is 0.698. The molecule has 2 saturated carbocycles. The summed E-state index contributed by atoms with van der Waals surface area (Å²) < 4.78 is 32.8.